The van der Waals surface area contributed by atoms with Crippen LogP contribution in [0.1, 0.15) is 43.1 Å². The second-order valence-corrected chi connectivity index (χ2v) is 16.7. The summed E-state index contributed by atoms with van der Waals surface area (Å²) in [6, 6.07) is 13.4. The van der Waals surface area contributed by atoms with Crippen molar-refractivity contribution < 1.29 is 37.8 Å². The predicted octanol–water partition coefficient (Wildman–Crippen LogP) is 5.38. The normalized spacial score (nSPS) is 21.6. The van der Waals surface area contributed by atoms with Crippen LogP contribution < -0.4 is 20.7 Å². The van der Waals surface area contributed by atoms with E-state index in [2.05, 4.69) is 20.9 Å². The van der Waals surface area contributed by atoms with Gasteiger partial charge in [0.25, 0.3) is 0 Å². The molecule has 18 heteroatoms. The molecule has 4 aromatic rings. The molecule has 0 aliphatic carbocycles. The molecule has 14 nitrogen and oxygen atoms in total. The average molecular weight is 884 g/mol. The van der Waals surface area contributed by atoms with E-state index >= 15 is 0 Å². The van der Waals surface area contributed by atoms with Gasteiger partial charge in [-0.05, 0) is 94.4 Å². The largest absolute Gasteiger partial charge is 0.457 e. The van der Waals surface area contributed by atoms with E-state index in [0.717, 1.165) is 27.5 Å². The van der Waals surface area contributed by atoms with Gasteiger partial charge in [-0.2, -0.15) is 0 Å². The number of hydrogen-bond donors (Lipinski definition) is 4. The van der Waals surface area contributed by atoms with Crippen molar-refractivity contribution in [3.8, 4) is 22.8 Å². The van der Waals surface area contributed by atoms with Crippen molar-refractivity contribution in [3.63, 3.8) is 0 Å². The lowest BCUT2D eigenvalue weighted by atomic mass is 9.82. The summed E-state index contributed by atoms with van der Waals surface area (Å²) in [5.41, 5.74) is 1.82. The minimum Gasteiger partial charge on any atom is -0.457 e. The van der Waals surface area contributed by atoms with Gasteiger partial charge in [-0.15, -0.1) is 0 Å². The summed E-state index contributed by atoms with van der Waals surface area (Å²) in [7, 11) is 5.87. The fourth-order valence-corrected chi connectivity index (χ4v) is 8.01. The van der Waals surface area contributed by atoms with Crippen molar-refractivity contribution in [2.75, 3.05) is 33.8 Å². The lowest BCUT2D eigenvalue weighted by Gasteiger charge is -2.45. The molecule has 4 atom stereocenters. The van der Waals surface area contributed by atoms with Gasteiger partial charge in [0, 0.05) is 47.7 Å². The Hall–Kier alpha value is -5.29. The quantitative estimate of drug-likeness (QED) is 0.148. The zero-order valence-electron chi connectivity index (χ0n) is 34.3. The van der Waals surface area contributed by atoms with Gasteiger partial charge in [0.2, 0.25) is 24.1 Å². The van der Waals surface area contributed by atoms with Gasteiger partial charge >= 0.3 is 6.03 Å². The molecule has 326 valence electrons. The lowest BCUT2D eigenvalue weighted by Crippen LogP contribution is -2.67. The van der Waals surface area contributed by atoms with Crippen LogP contribution in [0, 0.1) is 0 Å². The number of carbonyl (C=O) groups excluding carboxylic acids is 4. The molecule has 0 spiro atoms. The number of aliphatic hydroxyl groups excluding tert-OH is 1. The number of piperidine rings is 1. The van der Waals surface area contributed by atoms with Crippen LogP contribution in [0.4, 0.5) is 13.6 Å². The average Bonchev–Trinajstić information content (AvgIpc) is 3.57. The number of fused-ring (bicyclic) bond motifs is 2. The molecular weight excluding hydrogens is 833 g/mol. The molecule has 5 amide bonds. The Morgan fingerprint density at radius 1 is 0.967 bits per heavy atom. The molecule has 0 saturated carbocycles. The maximum absolute atomic E-state index is 14.3. The number of ether oxygens (including phenoxy) is 1. The molecule has 2 saturated heterocycles. The molecule has 2 fully saturated rings. The molecule has 2 bridgehead atoms. The van der Waals surface area contributed by atoms with E-state index in [1.165, 1.54) is 17.9 Å². The number of aliphatic hydroxyl groups is 1. The summed E-state index contributed by atoms with van der Waals surface area (Å²) in [5.74, 6) is -0.775. The fraction of sp³-hybridized carbons (Fsp3) is 0.419. The van der Waals surface area contributed by atoms with Crippen molar-refractivity contribution in [3.05, 3.63) is 99.9 Å². The number of amides is 5. The van der Waals surface area contributed by atoms with Gasteiger partial charge in [-0.3, -0.25) is 14.4 Å². The number of rotatable bonds is 12. The highest BCUT2D eigenvalue weighted by Crippen LogP contribution is 2.33. The number of halogens is 4. The zero-order chi connectivity index (χ0) is 44.0. The van der Waals surface area contributed by atoms with E-state index in [1.807, 2.05) is 42.7 Å². The maximum Gasteiger partial charge on any atom is 0.319 e. The Morgan fingerprint density at radius 3 is 2.34 bits per heavy atom. The molecule has 0 radical (unpaired) electrons. The molecule has 2 aliphatic heterocycles. The van der Waals surface area contributed by atoms with Crippen LogP contribution in [0.2, 0.25) is 10.0 Å². The van der Waals surface area contributed by atoms with Crippen LogP contribution in [0.25, 0.3) is 11.3 Å². The SMILES string of the molecule is C[C@H]1C(=O)N[C@@H](CO)C(=O)N[C@@]2(Cc3ccc(Cl)cc3)CCCN(C2)C(=O)[C@H](CC(F)F)NC(=O)N1Cc1ccc(Cl)cc1Oc1ccc(-c2cnc(CN(C)C)n2C)cc1. The van der Waals surface area contributed by atoms with E-state index in [9.17, 15) is 33.1 Å². The summed E-state index contributed by atoms with van der Waals surface area (Å²) in [4.78, 5) is 65.4. The predicted molar refractivity (Wildman–Crippen MR) is 226 cm³/mol. The van der Waals surface area contributed by atoms with Gasteiger partial charge in [-0.1, -0.05) is 41.4 Å². The van der Waals surface area contributed by atoms with Crippen molar-refractivity contribution in [1.82, 2.24) is 40.2 Å². The molecule has 3 heterocycles. The standard InChI is InChI=1S/C43H50Cl2F2N8O6/c1-26-39(57)49-34(24-56)40(58)51-43(20-27-6-11-30(44)12-7-27)16-5-17-54(25-43)41(59)33(19-37(46)47)50-42(60)55(26)22-29-8-13-31(45)18-36(29)61-32-14-9-28(10-15-32)35-21-48-38(53(35)4)23-52(2)3/h6-15,18,21,26,33-34,37,56H,5,16-17,19-20,22-25H2,1-4H3,(H,49,57)(H,50,60)(H,51,58)/t26-,33-,34-,43+/m0/s1. The Balaban J connectivity index is 1.30. The highest BCUT2D eigenvalue weighted by atomic mass is 35.5. The van der Waals surface area contributed by atoms with Crippen LogP contribution in [-0.2, 0) is 40.9 Å². The fourth-order valence-electron chi connectivity index (χ4n) is 7.72. The molecule has 4 N–H and O–H groups in total. The van der Waals surface area contributed by atoms with Gasteiger partial charge in [-0.25, -0.2) is 18.6 Å². The van der Waals surface area contributed by atoms with E-state index in [1.54, 1.807) is 54.7 Å². The number of aromatic nitrogens is 2. The van der Waals surface area contributed by atoms with Gasteiger partial charge in [0.1, 0.15) is 35.4 Å². The summed E-state index contributed by atoms with van der Waals surface area (Å²) in [5, 5.41) is 19.3. The third-order valence-electron chi connectivity index (χ3n) is 11.0. The minimum atomic E-state index is -2.98. The van der Waals surface area contributed by atoms with Crippen LogP contribution in [-0.4, -0.2) is 117 Å². The Morgan fingerprint density at radius 2 is 1.67 bits per heavy atom. The van der Waals surface area contributed by atoms with Crippen LogP contribution in [0.15, 0.2) is 72.9 Å². The van der Waals surface area contributed by atoms with Gasteiger partial charge in [0.15, 0.2) is 0 Å². The topological polar surface area (TPSA) is 161 Å². The number of nitrogens with zero attached hydrogens (tertiary/aromatic N) is 5. The smallest absolute Gasteiger partial charge is 0.319 e. The van der Waals surface area contributed by atoms with Crippen LogP contribution >= 0.6 is 23.2 Å². The molecule has 1 aromatic heterocycles. The van der Waals surface area contributed by atoms with Gasteiger partial charge in [0.05, 0.1) is 37.1 Å². The monoisotopic (exact) mass is 882 g/mol. The number of alkyl halides is 2. The van der Waals surface area contributed by atoms with Crippen LogP contribution in [0.5, 0.6) is 11.5 Å². The Bertz CT molecular complexity index is 2210. The van der Waals surface area contributed by atoms with E-state index in [0.29, 0.717) is 40.7 Å². The number of urea groups is 1. The Labute approximate surface area is 363 Å². The summed E-state index contributed by atoms with van der Waals surface area (Å²) in [6.07, 6.45) is -1.18. The van der Waals surface area contributed by atoms with Crippen molar-refractivity contribution >= 4 is 47.0 Å². The third-order valence-corrected chi connectivity index (χ3v) is 11.4. The lowest BCUT2D eigenvalue weighted by molar-refractivity contribution is -0.139. The van der Waals surface area contributed by atoms with Crippen molar-refractivity contribution in [2.45, 2.75) is 75.8 Å². The number of imidazole rings is 1. The number of benzene rings is 3. The maximum atomic E-state index is 14.3. The molecule has 3 aromatic carbocycles. The second kappa shape index (κ2) is 19.6. The minimum absolute atomic E-state index is 0.0892. The van der Waals surface area contributed by atoms with Crippen molar-refractivity contribution in [2.24, 2.45) is 7.05 Å². The van der Waals surface area contributed by atoms with E-state index in [4.69, 9.17) is 27.9 Å². The first-order valence-corrected chi connectivity index (χ1v) is 20.6. The van der Waals surface area contributed by atoms with Gasteiger partial charge < -0.3 is 45.1 Å². The number of hydrogen-bond acceptors (Lipinski definition) is 8. The molecular formula is C43H50Cl2F2N8O6. The summed E-state index contributed by atoms with van der Waals surface area (Å²) in [6.45, 7) is 1.03. The molecule has 61 heavy (non-hydrogen) atoms. The van der Waals surface area contributed by atoms with Crippen molar-refractivity contribution in [1.29, 1.82) is 0 Å². The third kappa shape index (κ3) is 11.2. The molecule has 0 unspecified atom stereocenters. The molecule has 2 aliphatic rings. The Kier molecular flexibility index (Phi) is 14.5. The van der Waals surface area contributed by atoms with E-state index < -0.39 is 66.9 Å². The zero-order valence-corrected chi connectivity index (χ0v) is 35.8. The second-order valence-electron chi connectivity index (χ2n) is 15.8. The summed E-state index contributed by atoms with van der Waals surface area (Å²) < 4.78 is 36.7. The first-order chi connectivity index (χ1) is 29.0. The van der Waals surface area contributed by atoms with Crippen LogP contribution in [0.3, 0.4) is 0 Å². The first kappa shape index (κ1) is 45.2. The first-order valence-electron chi connectivity index (χ1n) is 19.9. The van der Waals surface area contributed by atoms with E-state index in [-0.39, 0.29) is 31.8 Å². The number of carbonyl (C=O) groups is 4. The summed E-state index contributed by atoms with van der Waals surface area (Å²) >= 11 is 12.5. The highest BCUT2D eigenvalue weighted by molar-refractivity contribution is 6.31. The highest BCUT2D eigenvalue weighted by Gasteiger charge is 2.43. The molecule has 6 rings (SSSR count). The number of nitrogens with one attached hydrogen (secondary N) is 3.